The number of nitrogens with one attached hydrogen (secondary N) is 3. The zero-order valence-electron chi connectivity index (χ0n) is 22.2. The Balaban J connectivity index is 5.40. The third-order valence-electron chi connectivity index (χ3n) is 5.45. The van der Waals surface area contributed by atoms with Gasteiger partial charge in [0.25, 0.3) is 0 Å². The second-order valence-corrected chi connectivity index (χ2v) is 10.3. The van der Waals surface area contributed by atoms with Gasteiger partial charge in [-0.1, -0.05) is 13.8 Å². The minimum atomic E-state index is -1.14. The third-order valence-corrected chi connectivity index (χ3v) is 6.09. The molecule has 0 aromatic rings. The fraction of sp³-hybridized carbons (Fsp3) is 0.783. The number of carbonyl (C=O) groups is 4. The standard InChI is InChI=1S/C23H46N8O5S/c1-14(2)13-18(21(34)30-17(22(35)36)9-12-37-3)31-20(33)16(8-4-5-10-24)29-19(32)15(25)7-6-11-28-23(26)27/h14-18H,4-13,24-25H2,1-3H3,(H,29,32)(H,30,34)(H,31,33)(H,35,36)(H4,26,27,28). The lowest BCUT2D eigenvalue weighted by Gasteiger charge is -2.26. The van der Waals surface area contributed by atoms with Gasteiger partial charge < -0.3 is 44.0 Å². The number of amides is 3. The van der Waals surface area contributed by atoms with Crippen LogP contribution in [-0.4, -0.2) is 84.0 Å². The topological polar surface area (TPSA) is 241 Å². The summed E-state index contributed by atoms with van der Waals surface area (Å²) in [4.78, 5) is 54.2. The summed E-state index contributed by atoms with van der Waals surface area (Å²) in [5.74, 6) is -2.24. The highest BCUT2D eigenvalue weighted by Crippen LogP contribution is 2.09. The summed E-state index contributed by atoms with van der Waals surface area (Å²) in [6.07, 6.45) is 4.71. The van der Waals surface area contributed by atoms with Gasteiger partial charge in [-0.15, -0.1) is 0 Å². The van der Waals surface area contributed by atoms with E-state index in [9.17, 15) is 24.3 Å². The van der Waals surface area contributed by atoms with Gasteiger partial charge >= 0.3 is 5.97 Å². The van der Waals surface area contributed by atoms with Crippen molar-refractivity contribution >= 4 is 41.4 Å². The van der Waals surface area contributed by atoms with E-state index in [-0.39, 0.29) is 18.3 Å². The number of nitrogens with two attached hydrogens (primary N) is 4. The van der Waals surface area contributed by atoms with Crippen LogP contribution in [0.25, 0.3) is 0 Å². The molecule has 3 amide bonds. The first kappa shape index (κ1) is 34.4. The zero-order chi connectivity index (χ0) is 28.4. The first-order valence-electron chi connectivity index (χ1n) is 12.6. The fourth-order valence-corrected chi connectivity index (χ4v) is 3.90. The SMILES string of the molecule is CSCCC(NC(=O)C(CC(C)C)NC(=O)C(CCCCN)NC(=O)C(N)CCCN=C(N)N)C(=O)O. The van der Waals surface area contributed by atoms with E-state index >= 15 is 0 Å². The van der Waals surface area contributed by atoms with Gasteiger partial charge in [-0.05, 0) is 69.4 Å². The van der Waals surface area contributed by atoms with Gasteiger partial charge in [0.05, 0.1) is 6.04 Å². The average molecular weight is 547 g/mol. The molecule has 0 saturated heterocycles. The molecule has 0 aromatic carbocycles. The van der Waals surface area contributed by atoms with Gasteiger partial charge in [0.1, 0.15) is 18.1 Å². The molecule has 0 heterocycles. The number of guanidine groups is 1. The normalized spacial score (nSPS) is 14.2. The van der Waals surface area contributed by atoms with Crippen molar-refractivity contribution in [2.45, 2.75) is 83.0 Å². The van der Waals surface area contributed by atoms with E-state index in [1.54, 1.807) is 0 Å². The van der Waals surface area contributed by atoms with Crippen LogP contribution in [-0.2, 0) is 19.2 Å². The van der Waals surface area contributed by atoms with Crippen LogP contribution in [0.4, 0.5) is 0 Å². The lowest BCUT2D eigenvalue weighted by molar-refractivity contribution is -0.142. The van der Waals surface area contributed by atoms with E-state index in [1.807, 2.05) is 20.1 Å². The average Bonchev–Trinajstić information content (AvgIpc) is 2.82. The van der Waals surface area contributed by atoms with Crippen molar-refractivity contribution in [2.24, 2.45) is 33.8 Å². The number of hydrogen-bond acceptors (Lipinski definition) is 8. The Bertz CT molecular complexity index is 749. The predicted octanol–water partition coefficient (Wildman–Crippen LogP) is -1.17. The number of carbonyl (C=O) groups excluding carboxylic acids is 3. The number of aliphatic carboxylic acids is 1. The Morgan fingerprint density at radius 1 is 0.865 bits per heavy atom. The highest BCUT2D eigenvalue weighted by Gasteiger charge is 2.30. The van der Waals surface area contributed by atoms with E-state index in [4.69, 9.17) is 22.9 Å². The Morgan fingerprint density at radius 2 is 1.46 bits per heavy atom. The molecule has 4 atom stereocenters. The maximum absolute atomic E-state index is 13.2. The molecule has 0 saturated carbocycles. The summed E-state index contributed by atoms with van der Waals surface area (Å²) in [6.45, 7) is 4.52. The second kappa shape index (κ2) is 19.5. The highest BCUT2D eigenvalue weighted by molar-refractivity contribution is 7.98. The molecule has 12 N–H and O–H groups in total. The second-order valence-electron chi connectivity index (χ2n) is 9.27. The number of nitrogens with zero attached hydrogens (tertiary/aromatic N) is 1. The van der Waals surface area contributed by atoms with Crippen molar-refractivity contribution in [3.63, 3.8) is 0 Å². The van der Waals surface area contributed by atoms with Crippen molar-refractivity contribution < 1.29 is 24.3 Å². The summed E-state index contributed by atoms with van der Waals surface area (Å²) < 4.78 is 0. The summed E-state index contributed by atoms with van der Waals surface area (Å²) in [7, 11) is 0. The number of rotatable bonds is 20. The summed E-state index contributed by atoms with van der Waals surface area (Å²) in [5, 5.41) is 17.4. The minimum absolute atomic E-state index is 0.0365. The summed E-state index contributed by atoms with van der Waals surface area (Å²) in [6, 6.07) is -3.84. The van der Waals surface area contributed by atoms with E-state index < -0.39 is 47.9 Å². The number of thioether (sulfide) groups is 1. The van der Waals surface area contributed by atoms with Gasteiger partial charge in [0.2, 0.25) is 17.7 Å². The summed E-state index contributed by atoms with van der Waals surface area (Å²) >= 11 is 1.47. The molecule has 4 unspecified atom stereocenters. The van der Waals surface area contributed by atoms with Crippen molar-refractivity contribution in [1.29, 1.82) is 0 Å². The zero-order valence-corrected chi connectivity index (χ0v) is 23.0. The first-order chi connectivity index (χ1) is 17.4. The fourth-order valence-electron chi connectivity index (χ4n) is 3.43. The minimum Gasteiger partial charge on any atom is -0.480 e. The molecule has 13 nitrogen and oxygen atoms in total. The van der Waals surface area contributed by atoms with E-state index in [0.717, 1.165) is 0 Å². The Hall–Kier alpha value is -2.58. The maximum Gasteiger partial charge on any atom is 0.326 e. The van der Waals surface area contributed by atoms with Gasteiger partial charge in [-0.2, -0.15) is 11.8 Å². The van der Waals surface area contributed by atoms with E-state index in [0.29, 0.717) is 57.4 Å². The molecule has 0 aliphatic heterocycles. The molecular formula is C23H46N8O5S. The van der Waals surface area contributed by atoms with Crippen LogP contribution in [0.3, 0.4) is 0 Å². The Labute approximate surface area is 223 Å². The van der Waals surface area contributed by atoms with Gasteiger partial charge in [0, 0.05) is 6.54 Å². The van der Waals surface area contributed by atoms with Crippen LogP contribution in [0.15, 0.2) is 4.99 Å². The molecule has 0 aliphatic carbocycles. The van der Waals surface area contributed by atoms with Gasteiger partial charge in [-0.3, -0.25) is 19.4 Å². The van der Waals surface area contributed by atoms with Gasteiger partial charge in [-0.25, -0.2) is 4.79 Å². The predicted molar refractivity (Wildman–Crippen MR) is 147 cm³/mol. The Kier molecular flexibility index (Phi) is 18.2. The number of hydrogen-bond donors (Lipinski definition) is 8. The third kappa shape index (κ3) is 16.0. The van der Waals surface area contributed by atoms with Crippen LogP contribution in [0.1, 0.15) is 58.8 Å². The lowest BCUT2D eigenvalue weighted by Crippen LogP contribution is -2.57. The van der Waals surface area contributed by atoms with Crippen molar-refractivity contribution in [1.82, 2.24) is 16.0 Å². The van der Waals surface area contributed by atoms with Crippen LogP contribution >= 0.6 is 11.8 Å². The summed E-state index contributed by atoms with van der Waals surface area (Å²) in [5.41, 5.74) is 22.1. The molecule has 0 fully saturated rings. The van der Waals surface area contributed by atoms with Crippen molar-refractivity contribution in [3.8, 4) is 0 Å². The van der Waals surface area contributed by atoms with Crippen LogP contribution in [0.5, 0.6) is 0 Å². The molecule has 0 rings (SSSR count). The number of aliphatic imine (C=N–C) groups is 1. The van der Waals surface area contributed by atoms with Crippen LogP contribution in [0, 0.1) is 5.92 Å². The molecule has 0 aromatic heterocycles. The smallest absolute Gasteiger partial charge is 0.326 e. The molecule has 14 heteroatoms. The van der Waals surface area contributed by atoms with E-state index in [2.05, 4.69) is 20.9 Å². The molecular weight excluding hydrogens is 500 g/mol. The quantitative estimate of drug-likeness (QED) is 0.0517. The Morgan fingerprint density at radius 3 is 2.00 bits per heavy atom. The monoisotopic (exact) mass is 546 g/mol. The molecule has 37 heavy (non-hydrogen) atoms. The molecule has 0 aliphatic rings. The molecule has 0 bridgehead atoms. The molecule has 0 spiro atoms. The van der Waals surface area contributed by atoms with Crippen LogP contribution in [0.2, 0.25) is 0 Å². The highest BCUT2D eigenvalue weighted by atomic mass is 32.2. The number of carboxylic acid groups (broad SMARTS) is 1. The van der Waals surface area contributed by atoms with E-state index in [1.165, 1.54) is 11.8 Å². The van der Waals surface area contributed by atoms with Crippen molar-refractivity contribution in [3.05, 3.63) is 0 Å². The largest absolute Gasteiger partial charge is 0.480 e. The van der Waals surface area contributed by atoms with Crippen molar-refractivity contribution in [2.75, 3.05) is 25.1 Å². The maximum atomic E-state index is 13.2. The lowest BCUT2D eigenvalue weighted by atomic mass is 10.0. The molecule has 214 valence electrons. The first-order valence-corrected chi connectivity index (χ1v) is 14.0. The van der Waals surface area contributed by atoms with Crippen LogP contribution < -0.4 is 38.9 Å². The number of carboxylic acids is 1. The molecule has 0 radical (unpaired) electrons. The van der Waals surface area contributed by atoms with Gasteiger partial charge in [0.15, 0.2) is 5.96 Å². The number of unbranched alkanes of at least 4 members (excludes halogenated alkanes) is 1.